The van der Waals surface area contributed by atoms with Crippen LogP contribution in [0.1, 0.15) is 17.4 Å². The van der Waals surface area contributed by atoms with Crippen LogP contribution in [0.3, 0.4) is 0 Å². The summed E-state index contributed by atoms with van der Waals surface area (Å²) in [5, 5.41) is 15.4. The van der Waals surface area contributed by atoms with Gasteiger partial charge in [0, 0.05) is 28.8 Å². The number of ether oxygens (including phenoxy) is 1. The standard InChI is InChI=1S/C19H15N3O5S/c1-12(17(23)20-14-7-9-15(10-8-14)22(25)26)27-19(24)16-11-28-18(21-16)13-5-3-2-4-6-13/h2-12H,1H3,(H,20,23). The van der Waals surface area contributed by atoms with Gasteiger partial charge in [-0.3, -0.25) is 14.9 Å². The van der Waals surface area contributed by atoms with E-state index in [1.807, 2.05) is 30.3 Å². The SMILES string of the molecule is CC(OC(=O)c1csc(-c2ccccc2)n1)C(=O)Nc1ccc([N+](=O)[O-])cc1. The first-order valence-corrected chi connectivity index (χ1v) is 9.09. The van der Waals surface area contributed by atoms with Crippen molar-refractivity contribution in [2.45, 2.75) is 13.0 Å². The molecular formula is C19H15N3O5S. The van der Waals surface area contributed by atoms with E-state index in [1.54, 1.807) is 5.38 Å². The predicted molar refractivity (Wildman–Crippen MR) is 104 cm³/mol. The second-order valence-corrected chi connectivity index (χ2v) is 6.60. The van der Waals surface area contributed by atoms with Crippen LogP contribution in [0, 0.1) is 10.1 Å². The fraction of sp³-hybridized carbons (Fsp3) is 0.105. The van der Waals surface area contributed by atoms with Crippen LogP contribution in [0.2, 0.25) is 0 Å². The van der Waals surface area contributed by atoms with Gasteiger partial charge >= 0.3 is 5.97 Å². The third-order valence-corrected chi connectivity index (χ3v) is 4.62. The lowest BCUT2D eigenvalue weighted by Crippen LogP contribution is -2.30. The van der Waals surface area contributed by atoms with Crippen molar-refractivity contribution >= 4 is 34.6 Å². The summed E-state index contributed by atoms with van der Waals surface area (Å²) in [6.45, 7) is 1.43. The minimum Gasteiger partial charge on any atom is -0.448 e. The number of aromatic nitrogens is 1. The van der Waals surface area contributed by atoms with Crippen molar-refractivity contribution < 1.29 is 19.2 Å². The summed E-state index contributed by atoms with van der Waals surface area (Å²) in [7, 11) is 0. The molecule has 28 heavy (non-hydrogen) atoms. The van der Waals surface area contributed by atoms with E-state index in [0.29, 0.717) is 10.7 Å². The van der Waals surface area contributed by atoms with Gasteiger partial charge in [0.15, 0.2) is 11.8 Å². The molecule has 1 unspecified atom stereocenters. The lowest BCUT2D eigenvalue weighted by Gasteiger charge is -2.12. The molecule has 0 radical (unpaired) electrons. The van der Waals surface area contributed by atoms with Crippen molar-refractivity contribution in [2.75, 3.05) is 5.32 Å². The van der Waals surface area contributed by atoms with Gasteiger partial charge in [-0.2, -0.15) is 0 Å². The molecule has 0 aliphatic rings. The number of carbonyl (C=O) groups is 2. The van der Waals surface area contributed by atoms with Crippen LogP contribution in [0.25, 0.3) is 10.6 Å². The topological polar surface area (TPSA) is 111 Å². The number of nitro benzene ring substituents is 1. The smallest absolute Gasteiger partial charge is 0.358 e. The molecule has 0 saturated heterocycles. The maximum absolute atomic E-state index is 12.2. The zero-order chi connectivity index (χ0) is 20.1. The van der Waals surface area contributed by atoms with Crippen LogP contribution >= 0.6 is 11.3 Å². The second kappa shape index (κ2) is 8.40. The minimum atomic E-state index is -1.07. The number of hydrogen-bond donors (Lipinski definition) is 1. The van der Waals surface area contributed by atoms with Gasteiger partial charge in [-0.25, -0.2) is 9.78 Å². The normalized spacial score (nSPS) is 11.5. The molecule has 8 nitrogen and oxygen atoms in total. The fourth-order valence-electron chi connectivity index (χ4n) is 2.27. The Labute approximate surface area is 164 Å². The van der Waals surface area contributed by atoms with E-state index in [-0.39, 0.29) is 11.4 Å². The van der Waals surface area contributed by atoms with E-state index >= 15 is 0 Å². The molecule has 0 fully saturated rings. The van der Waals surface area contributed by atoms with Crippen molar-refractivity contribution in [3.8, 4) is 10.6 Å². The number of thiazole rings is 1. The number of non-ortho nitro benzene ring substituents is 1. The first-order chi connectivity index (χ1) is 13.4. The molecule has 1 aromatic heterocycles. The highest BCUT2D eigenvalue weighted by Crippen LogP contribution is 2.24. The molecule has 0 bridgehead atoms. The first-order valence-electron chi connectivity index (χ1n) is 8.21. The van der Waals surface area contributed by atoms with E-state index in [4.69, 9.17) is 4.74 Å². The zero-order valence-electron chi connectivity index (χ0n) is 14.7. The maximum atomic E-state index is 12.2. The molecule has 0 spiro atoms. The summed E-state index contributed by atoms with van der Waals surface area (Å²) in [5.74, 6) is -1.26. The van der Waals surface area contributed by atoms with E-state index in [9.17, 15) is 19.7 Å². The van der Waals surface area contributed by atoms with Gasteiger partial charge in [0.05, 0.1) is 4.92 Å². The molecule has 1 heterocycles. The van der Waals surface area contributed by atoms with Crippen molar-refractivity contribution in [2.24, 2.45) is 0 Å². The Hall–Kier alpha value is -3.59. The highest BCUT2D eigenvalue weighted by atomic mass is 32.1. The number of rotatable bonds is 6. The Kier molecular flexibility index (Phi) is 5.75. The van der Waals surface area contributed by atoms with E-state index in [0.717, 1.165) is 5.56 Å². The number of carbonyl (C=O) groups excluding carboxylic acids is 2. The number of amides is 1. The van der Waals surface area contributed by atoms with Gasteiger partial charge in [-0.1, -0.05) is 30.3 Å². The molecule has 1 N–H and O–H groups in total. The predicted octanol–water partition coefficient (Wildman–Crippen LogP) is 3.90. The van der Waals surface area contributed by atoms with Crippen molar-refractivity contribution in [1.82, 2.24) is 4.98 Å². The second-order valence-electron chi connectivity index (χ2n) is 5.74. The largest absolute Gasteiger partial charge is 0.448 e. The first kappa shape index (κ1) is 19.2. The molecule has 1 atom stereocenters. The summed E-state index contributed by atoms with van der Waals surface area (Å²) < 4.78 is 5.17. The zero-order valence-corrected chi connectivity index (χ0v) is 15.5. The van der Waals surface area contributed by atoms with Gasteiger partial charge in [0.25, 0.3) is 11.6 Å². The Morgan fingerprint density at radius 3 is 2.46 bits per heavy atom. The summed E-state index contributed by atoms with van der Waals surface area (Å²) in [4.78, 5) is 38.8. The van der Waals surface area contributed by atoms with Gasteiger partial charge in [-0.15, -0.1) is 11.3 Å². The van der Waals surface area contributed by atoms with Crippen LogP contribution in [0.4, 0.5) is 11.4 Å². The minimum absolute atomic E-state index is 0.0878. The number of esters is 1. The summed E-state index contributed by atoms with van der Waals surface area (Å²) in [5.41, 5.74) is 1.28. The summed E-state index contributed by atoms with van der Waals surface area (Å²) in [6.07, 6.45) is -1.07. The molecule has 142 valence electrons. The Morgan fingerprint density at radius 2 is 1.82 bits per heavy atom. The quantitative estimate of drug-likeness (QED) is 0.383. The number of benzene rings is 2. The van der Waals surface area contributed by atoms with Gasteiger partial charge < -0.3 is 10.1 Å². The van der Waals surface area contributed by atoms with Gasteiger partial charge in [0.1, 0.15) is 5.01 Å². The van der Waals surface area contributed by atoms with E-state index < -0.39 is 22.9 Å². The average molecular weight is 397 g/mol. The van der Waals surface area contributed by atoms with Crippen LogP contribution in [-0.4, -0.2) is 27.9 Å². The molecular weight excluding hydrogens is 382 g/mol. The molecule has 0 aliphatic heterocycles. The van der Waals surface area contributed by atoms with Gasteiger partial charge in [-0.05, 0) is 19.1 Å². The highest BCUT2D eigenvalue weighted by Gasteiger charge is 2.21. The van der Waals surface area contributed by atoms with Crippen molar-refractivity contribution in [1.29, 1.82) is 0 Å². The molecule has 0 aliphatic carbocycles. The van der Waals surface area contributed by atoms with Crippen LogP contribution in [0.15, 0.2) is 60.0 Å². The lowest BCUT2D eigenvalue weighted by atomic mass is 10.2. The Balaban J connectivity index is 1.60. The highest BCUT2D eigenvalue weighted by molar-refractivity contribution is 7.13. The number of nitrogens with zero attached hydrogens (tertiary/aromatic N) is 2. The van der Waals surface area contributed by atoms with E-state index in [1.165, 1.54) is 42.5 Å². The number of nitrogens with one attached hydrogen (secondary N) is 1. The van der Waals surface area contributed by atoms with Crippen molar-refractivity contribution in [3.05, 3.63) is 75.8 Å². The third kappa shape index (κ3) is 4.57. The summed E-state index contributed by atoms with van der Waals surface area (Å²) in [6, 6.07) is 14.7. The van der Waals surface area contributed by atoms with Crippen LogP contribution in [-0.2, 0) is 9.53 Å². The molecule has 0 saturated carbocycles. The molecule has 2 aromatic carbocycles. The lowest BCUT2D eigenvalue weighted by molar-refractivity contribution is -0.384. The monoisotopic (exact) mass is 397 g/mol. The molecule has 1 amide bonds. The van der Waals surface area contributed by atoms with E-state index in [2.05, 4.69) is 10.3 Å². The van der Waals surface area contributed by atoms with Gasteiger partial charge in [0.2, 0.25) is 0 Å². The molecule has 9 heteroatoms. The van der Waals surface area contributed by atoms with Crippen molar-refractivity contribution in [3.63, 3.8) is 0 Å². The third-order valence-electron chi connectivity index (χ3n) is 3.73. The molecule has 3 rings (SSSR count). The van der Waals surface area contributed by atoms with Crippen LogP contribution < -0.4 is 5.32 Å². The molecule has 3 aromatic rings. The average Bonchev–Trinajstić information content (AvgIpc) is 3.19. The number of nitro groups is 1. The maximum Gasteiger partial charge on any atom is 0.358 e. The Morgan fingerprint density at radius 1 is 1.14 bits per heavy atom. The number of anilines is 1. The fourth-order valence-corrected chi connectivity index (χ4v) is 3.06. The summed E-state index contributed by atoms with van der Waals surface area (Å²) >= 11 is 1.31. The number of hydrogen-bond acceptors (Lipinski definition) is 7. The Bertz CT molecular complexity index is 1000. The van der Waals surface area contributed by atoms with Crippen LogP contribution in [0.5, 0.6) is 0 Å².